The zero-order chi connectivity index (χ0) is 14.5. The van der Waals surface area contributed by atoms with Crippen LogP contribution >= 0.6 is 0 Å². The van der Waals surface area contributed by atoms with E-state index in [0.717, 1.165) is 6.08 Å². The summed E-state index contributed by atoms with van der Waals surface area (Å²) in [4.78, 5) is 26.3. The minimum Gasteiger partial charge on any atom is -0.478 e. The van der Waals surface area contributed by atoms with E-state index in [1.165, 1.54) is 18.5 Å². The van der Waals surface area contributed by atoms with Crippen LogP contribution in [-0.4, -0.2) is 27.1 Å². The monoisotopic (exact) mass is 273 g/mol. The molecule has 0 aliphatic rings. The molecule has 20 heavy (non-hydrogen) atoms. The Morgan fingerprint density at radius 3 is 2.90 bits per heavy atom. The second-order valence-electron chi connectivity index (χ2n) is 3.90. The van der Waals surface area contributed by atoms with Gasteiger partial charge in [-0.1, -0.05) is 5.16 Å². The van der Waals surface area contributed by atoms with Crippen LogP contribution in [-0.2, 0) is 4.79 Å². The summed E-state index contributed by atoms with van der Waals surface area (Å²) in [5, 5.41) is 14.7. The standard InChI is InChI=1S/C13H11N3O4/c1-8-10(7-15-20-8)13(19)16-11-6-9(4-5-14-11)2-3-12(17)18/h2-7H,1H3,(H,17,18)(H,14,16,19)/b3-2+. The summed E-state index contributed by atoms with van der Waals surface area (Å²) in [6.07, 6.45) is 5.20. The lowest BCUT2D eigenvalue weighted by Gasteiger charge is -2.03. The highest BCUT2D eigenvalue weighted by molar-refractivity contribution is 6.04. The summed E-state index contributed by atoms with van der Waals surface area (Å²) in [6.45, 7) is 1.63. The Morgan fingerprint density at radius 2 is 2.25 bits per heavy atom. The highest BCUT2D eigenvalue weighted by Crippen LogP contribution is 2.12. The zero-order valence-corrected chi connectivity index (χ0v) is 10.5. The lowest BCUT2D eigenvalue weighted by atomic mass is 10.2. The topological polar surface area (TPSA) is 105 Å². The number of hydrogen-bond donors (Lipinski definition) is 2. The van der Waals surface area contributed by atoms with Gasteiger partial charge in [0.1, 0.15) is 17.1 Å². The molecule has 7 nitrogen and oxygen atoms in total. The molecule has 2 rings (SSSR count). The smallest absolute Gasteiger partial charge is 0.328 e. The van der Waals surface area contributed by atoms with Crippen molar-refractivity contribution in [3.05, 3.63) is 47.5 Å². The number of aliphatic carboxylic acids is 1. The molecule has 0 bridgehead atoms. The van der Waals surface area contributed by atoms with Crippen LogP contribution in [0.1, 0.15) is 21.7 Å². The molecular formula is C13H11N3O4. The molecule has 2 aromatic rings. The summed E-state index contributed by atoms with van der Waals surface area (Å²) < 4.78 is 4.80. The summed E-state index contributed by atoms with van der Waals surface area (Å²) in [6, 6.07) is 3.18. The molecular weight excluding hydrogens is 262 g/mol. The van der Waals surface area contributed by atoms with E-state index in [9.17, 15) is 9.59 Å². The van der Waals surface area contributed by atoms with Crippen LogP contribution in [0.3, 0.4) is 0 Å². The highest BCUT2D eigenvalue weighted by Gasteiger charge is 2.13. The first kappa shape index (κ1) is 13.5. The van der Waals surface area contributed by atoms with Gasteiger partial charge in [0.25, 0.3) is 5.91 Å². The molecule has 0 unspecified atom stereocenters. The SMILES string of the molecule is Cc1oncc1C(=O)Nc1cc(/C=C/C(=O)O)ccn1. The number of aromatic nitrogens is 2. The first-order chi connectivity index (χ1) is 9.56. The van der Waals surface area contributed by atoms with Crippen molar-refractivity contribution in [2.24, 2.45) is 0 Å². The Bertz CT molecular complexity index is 676. The fourth-order valence-electron chi connectivity index (χ4n) is 1.49. The number of nitrogens with zero attached hydrogens (tertiary/aromatic N) is 2. The normalized spacial score (nSPS) is 10.7. The van der Waals surface area contributed by atoms with Gasteiger partial charge in [-0.15, -0.1) is 0 Å². The first-order valence-electron chi connectivity index (χ1n) is 5.66. The van der Waals surface area contributed by atoms with Gasteiger partial charge in [0.2, 0.25) is 0 Å². The largest absolute Gasteiger partial charge is 0.478 e. The summed E-state index contributed by atoms with van der Waals surface area (Å²) in [5.41, 5.74) is 0.929. The maximum Gasteiger partial charge on any atom is 0.328 e. The summed E-state index contributed by atoms with van der Waals surface area (Å²) >= 11 is 0. The number of rotatable bonds is 4. The highest BCUT2D eigenvalue weighted by atomic mass is 16.5. The number of anilines is 1. The van der Waals surface area contributed by atoms with E-state index in [1.807, 2.05) is 0 Å². The molecule has 2 N–H and O–H groups in total. The van der Waals surface area contributed by atoms with Crippen LogP contribution in [0.4, 0.5) is 5.82 Å². The van der Waals surface area contributed by atoms with Gasteiger partial charge in [-0.05, 0) is 30.7 Å². The minimum atomic E-state index is -1.05. The third kappa shape index (κ3) is 3.29. The molecule has 0 spiro atoms. The van der Waals surface area contributed by atoms with Gasteiger partial charge in [0, 0.05) is 12.3 Å². The maximum atomic E-state index is 11.9. The van der Waals surface area contributed by atoms with Crippen molar-refractivity contribution >= 4 is 23.8 Å². The Kier molecular flexibility index (Phi) is 3.90. The van der Waals surface area contributed by atoms with Crippen molar-refractivity contribution in [3.63, 3.8) is 0 Å². The molecule has 7 heteroatoms. The number of amides is 1. The van der Waals surface area contributed by atoms with Crippen molar-refractivity contribution in [2.45, 2.75) is 6.92 Å². The molecule has 0 aliphatic heterocycles. The molecule has 0 fully saturated rings. The van der Waals surface area contributed by atoms with Crippen LogP contribution in [0, 0.1) is 6.92 Å². The van der Waals surface area contributed by atoms with E-state index in [1.54, 1.807) is 19.1 Å². The Morgan fingerprint density at radius 1 is 1.45 bits per heavy atom. The van der Waals surface area contributed by atoms with E-state index in [-0.39, 0.29) is 0 Å². The van der Waals surface area contributed by atoms with Gasteiger partial charge in [0.15, 0.2) is 0 Å². The molecule has 0 radical (unpaired) electrons. The van der Waals surface area contributed by atoms with Crippen LogP contribution in [0.5, 0.6) is 0 Å². The summed E-state index contributed by atoms with van der Waals surface area (Å²) in [7, 11) is 0. The Hall–Kier alpha value is -2.96. The molecule has 2 heterocycles. The first-order valence-corrected chi connectivity index (χ1v) is 5.66. The maximum absolute atomic E-state index is 11.9. The number of carbonyl (C=O) groups excluding carboxylic acids is 1. The van der Waals surface area contributed by atoms with Crippen molar-refractivity contribution in [3.8, 4) is 0 Å². The average molecular weight is 273 g/mol. The number of hydrogen-bond acceptors (Lipinski definition) is 5. The van der Waals surface area contributed by atoms with E-state index >= 15 is 0 Å². The molecule has 1 amide bonds. The molecule has 0 saturated carbocycles. The molecule has 0 atom stereocenters. The lowest BCUT2D eigenvalue weighted by Crippen LogP contribution is -2.13. The molecule has 0 aliphatic carbocycles. The Labute approximate surface area is 113 Å². The molecule has 2 aromatic heterocycles. The van der Waals surface area contributed by atoms with Crippen LogP contribution < -0.4 is 5.32 Å². The minimum absolute atomic E-state index is 0.308. The quantitative estimate of drug-likeness (QED) is 0.822. The van der Waals surface area contributed by atoms with Crippen LogP contribution in [0.15, 0.2) is 35.1 Å². The molecule has 0 aromatic carbocycles. The predicted octanol–water partition coefficient (Wildman–Crippen LogP) is 1.73. The number of carboxylic acids is 1. The van der Waals surface area contributed by atoms with Gasteiger partial charge in [-0.3, -0.25) is 4.79 Å². The van der Waals surface area contributed by atoms with Crippen LogP contribution in [0.2, 0.25) is 0 Å². The van der Waals surface area contributed by atoms with E-state index in [4.69, 9.17) is 9.63 Å². The molecule has 102 valence electrons. The third-order valence-corrected chi connectivity index (χ3v) is 2.44. The molecule has 0 saturated heterocycles. The van der Waals surface area contributed by atoms with Gasteiger partial charge in [-0.2, -0.15) is 0 Å². The number of carbonyl (C=O) groups is 2. The van der Waals surface area contributed by atoms with Crippen molar-refractivity contribution in [2.75, 3.05) is 5.32 Å². The van der Waals surface area contributed by atoms with Crippen molar-refractivity contribution in [1.82, 2.24) is 10.1 Å². The fourth-order valence-corrected chi connectivity index (χ4v) is 1.49. The van der Waals surface area contributed by atoms with Crippen molar-refractivity contribution in [1.29, 1.82) is 0 Å². The third-order valence-electron chi connectivity index (χ3n) is 2.44. The van der Waals surface area contributed by atoms with E-state index < -0.39 is 11.9 Å². The number of nitrogens with one attached hydrogen (secondary N) is 1. The zero-order valence-electron chi connectivity index (χ0n) is 10.5. The van der Waals surface area contributed by atoms with Gasteiger partial charge in [-0.25, -0.2) is 9.78 Å². The number of aryl methyl sites for hydroxylation is 1. The number of pyridine rings is 1. The number of carboxylic acid groups (broad SMARTS) is 1. The van der Waals surface area contributed by atoms with E-state index in [2.05, 4.69) is 15.5 Å². The second-order valence-corrected chi connectivity index (χ2v) is 3.90. The fraction of sp³-hybridized carbons (Fsp3) is 0.0769. The van der Waals surface area contributed by atoms with Gasteiger partial charge < -0.3 is 14.9 Å². The Balaban J connectivity index is 2.14. The average Bonchev–Trinajstić information content (AvgIpc) is 2.83. The van der Waals surface area contributed by atoms with Crippen molar-refractivity contribution < 1.29 is 19.2 Å². The lowest BCUT2D eigenvalue weighted by molar-refractivity contribution is -0.131. The summed E-state index contributed by atoms with van der Waals surface area (Å²) in [5.74, 6) is -0.726. The second kappa shape index (κ2) is 5.79. The van der Waals surface area contributed by atoms with Gasteiger partial charge in [0.05, 0.1) is 6.20 Å². The van der Waals surface area contributed by atoms with Gasteiger partial charge >= 0.3 is 5.97 Å². The van der Waals surface area contributed by atoms with Crippen LogP contribution in [0.25, 0.3) is 6.08 Å². The van der Waals surface area contributed by atoms with E-state index in [0.29, 0.717) is 22.7 Å². The predicted molar refractivity (Wildman–Crippen MR) is 70.1 cm³/mol.